The summed E-state index contributed by atoms with van der Waals surface area (Å²) in [4.78, 5) is 32.9. The fraction of sp³-hybridized carbons (Fsp3) is 0.263. The number of carbonyl (C=O) groups is 2. The fourth-order valence-electron chi connectivity index (χ4n) is 2.51. The number of esters is 1. The number of anilines is 1. The number of hydrogen-bond donors (Lipinski definition) is 1. The Labute approximate surface area is 173 Å². The highest BCUT2D eigenvalue weighted by atomic mass is 32.2. The number of halogens is 2. The van der Waals surface area contributed by atoms with E-state index >= 15 is 0 Å². The minimum absolute atomic E-state index is 0.101. The number of thiazole rings is 1. The minimum atomic E-state index is -2.40. The molecular formula is C19H17F2N3O3S2. The van der Waals surface area contributed by atoms with Crippen LogP contribution in [0.2, 0.25) is 0 Å². The van der Waals surface area contributed by atoms with Crippen LogP contribution in [0.3, 0.4) is 0 Å². The SMILES string of the molecule is CCOC(=O)Cc1ncccc1C(=O)Nc1ccc2nc(SCC(F)F)sc2c1. The molecule has 3 rings (SSSR count). The summed E-state index contributed by atoms with van der Waals surface area (Å²) >= 11 is 2.29. The van der Waals surface area contributed by atoms with Gasteiger partial charge in [-0.2, -0.15) is 0 Å². The summed E-state index contributed by atoms with van der Waals surface area (Å²) in [5, 5.41) is 2.78. The van der Waals surface area contributed by atoms with Crippen molar-refractivity contribution in [2.45, 2.75) is 24.1 Å². The number of alkyl halides is 2. The summed E-state index contributed by atoms with van der Waals surface area (Å²) in [7, 11) is 0. The second-order valence-corrected chi connectivity index (χ2v) is 8.10. The Balaban J connectivity index is 1.75. The molecule has 0 aliphatic rings. The molecule has 0 fully saturated rings. The molecule has 6 nitrogen and oxygen atoms in total. The first-order chi connectivity index (χ1) is 14.0. The molecular weight excluding hydrogens is 420 g/mol. The predicted molar refractivity (Wildman–Crippen MR) is 109 cm³/mol. The number of nitrogens with zero attached hydrogens (tertiary/aromatic N) is 2. The van der Waals surface area contributed by atoms with Gasteiger partial charge in [-0.3, -0.25) is 14.6 Å². The van der Waals surface area contributed by atoms with E-state index in [4.69, 9.17) is 4.74 Å². The Morgan fingerprint density at radius 1 is 1.31 bits per heavy atom. The van der Waals surface area contributed by atoms with Crippen molar-refractivity contribution in [3.63, 3.8) is 0 Å². The third-order valence-corrected chi connectivity index (χ3v) is 5.88. The molecule has 1 N–H and O–H groups in total. The largest absolute Gasteiger partial charge is 0.466 e. The molecule has 1 amide bonds. The van der Waals surface area contributed by atoms with Gasteiger partial charge in [0.15, 0.2) is 4.34 Å². The molecule has 0 spiro atoms. The van der Waals surface area contributed by atoms with Gasteiger partial charge in [-0.05, 0) is 37.3 Å². The maximum atomic E-state index is 12.7. The summed E-state index contributed by atoms with van der Waals surface area (Å²) < 4.78 is 31.0. The van der Waals surface area contributed by atoms with Crippen molar-refractivity contribution in [3.8, 4) is 0 Å². The van der Waals surface area contributed by atoms with Crippen LogP contribution in [-0.4, -0.2) is 40.6 Å². The lowest BCUT2D eigenvalue weighted by atomic mass is 10.1. The van der Waals surface area contributed by atoms with E-state index in [9.17, 15) is 18.4 Å². The number of carbonyl (C=O) groups excluding carboxylic acids is 2. The van der Waals surface area contributed by atoms with Crippen molar-refractivity contribution >= 4 is 50.9 Å². The van der Waals surface area contributed by atoms with E-state index in [0.717, 1.165) is 16.5 Å². The summed E-state index contributed by atoms with van der Waals surface area (Å²) in [5.74, 6) is -1.18. The van der Waals surface area contributed by atoms with Gasteiger partial charge in [-0.1, -0.05) is 11.8 Å². The first-order valence-electron chi connectivity index (χ1n) is 8.68. The zero-order chi connectivity index (χ0) is 20.8. The third kappa shape index (κ3) is 5.70. The Morgan fingerprint density at radius 2 is 2.14 bits per heavy atom. The van der Waals surface area contributed by atoms with Crippen molar-refractivity contribution in [3.05, 3.63) is 47.8 Å². The van der Waals surface area contributed by atoms with Gasteiger partial charge in [0.05, 0.1) is 40.3 Å². The maximum Gasteiger partial charge on any atom is 0.311 e. The Kier molecular flexibility index (Phi) is 7.10. The molecule has 0 saturated heterocycles. The zero-order valence-corrected chi connectivity index (χ0v) is 17.0. The number of hydrogen-bond acceptors (Lipinski definition) is 7. The monoisotopic (exact) mass is 437 g/mol. The first-order valence-corrected chi connectivity index (χ1v) is 10.5. The van der Waals surface area contributed by atoms with Gasteiger partial charge in [0, 0.05) is 11.9 Å². The average molecular weight is 437 g/mol. The molecule has 1 aromatic carbocycles. The molecule has 3 aromatic rings. The van der Waals surface area contributed by atoms with Gasteiger partial charge < -0.3 is 10.1 Å². The van der Waals surface area contributed by atoms with E-state index in [1.54, 1.807) is 37.3 Å². The van der Waals surface area contributed by atoms with Gasteiger partial charge in [-0.15, -0.1) is 11.3 Å². The molecule has 2 aromatic heterocycles. The number of nitrogens with one attached hydrogen (secondary N) is 1. The summed E-state index contributed by atoms with van der Waals surface area (Å²) in [6.45, 7) is 1.95. The summed E-state index contributed by atoms with van der Waals surface area (Å²) in [6, 6.07) is 8.34. The van der Waals surface area contributed by atoms with Crippen LogP contribution in [0, 0.1) is 0 Å². The van der Waals surface area contributed by atoms with Crippen molar-refractivity contribution in [2.75, 3.05) is 17.7 Å². The quantitative estimate of drug-likeness (QED) is 0.415. The molecule has 152 valence electrons. The predicted octanol–water partition coefficient (Wildman–Crippen LogP) is 4.41. The first kappa shape index (κ1) is 21.1. The highest BCUT2D eigenvalue weighted by Crippen LogP contribution is 2.32. The molecule has 0 aliphatic heterocycles. The lowest BCUT2D eigenvalue weighted by molar-refractivity contribution is -0.142. The lowest BCUT2D eigenvalue weighted by Crippen LogP contribution is -2.18. The topological polar surface area (TPSA) is 81.2 Å². The van der Waals surface area contributed by atoms with Crippen LogP contribution < -0.4 is 5.32 Å². The second kappa shape index (κ2) is 9.75. The van der Waals surface area contributed by atoms with Crippen LogP contribution in [0.15, 0.2) is 40.9 Å². The Hall–Kier alpha value is -2.59. The zero-order valence-electron chi connectivity index (χ0n) is 15.4. The summed E-state index contributed by atoms with van der Waals surface area (Å²) in [5.41, 5.74) is 1.81. The molecule has 0 bridgehead atoms. The van der Waals surface area contributed by atoms with Crippen LogP contribution in [0.4, 0.5) is 14.5 Å². The number of benzene rings is 1. The highest BCUT2D eigenvalue weighted by Gasteiger charge is 2.16. The Morgan fingerprint density at radius 3 is 2.90 bits per heavy atom. The van der Waals surface area contributed by atoms with Crippen LogP contribution in [0.5, 0.6) is 0 Å². The van der Waals surface area contributed by atoms with Crippen molar-refractivity contribution < 1.29 is 23.1 Å². The third-order valence-electron chi connectivity index (χ3n) is 3.71. The van der Waals surface area contributed by atoms with Crippen LogP contribution >= 0.6 is 23.1 Å². The smallest absolute Gasteiger partial charge is 0.311 e. The molecule has 0 atom stereocenters. The van der Waals surface area contributed by atoms with E-state index in [2.05, 4.69) is 15.3 Å². The maximum absolute atomic E-state index is 12.7. The van der Waals surface area contributed by atoms with E-state index in [-0.39, 0.29) is 24.3 Å². The van der Waals surface area contributed by atoms with Crippen LogP contribution in [-0.2, 0) is 16.0 Å². The van der Waals surface area contributed by atoms with Gasteiger partial charge in [0.25, 0.3) is 5.91 Å². The molecule has 2 heterocycles. The van der Waals surface area contributed by atoms with Crippen molar-refractivity contribution in [1.82, 2.24) is 9.97 Å². The van der Waals surface area contributed by atoms with Gasteiger partial charge >= 0.3 is 5.97 Å². The number of aromatic nitrogens is 2. The number of rotatable bonds is 8. The molecule has 0 saturated carbocycles. The molecule has 10 heteroatoms. The minimum Gasteiger partial charge on any atom is -0.466 e. The highest BCUT2D eigenvalue weighted by molar-refractivity contribution is 8.01. The fourth-order valence-corrected chi connectivity index (χ4v) is 4.39. The number of fused-ring (bicyclic) bond motifs is 1. The summed E-state index contributed by atoms with van der Waals surface area (Å²) in [6.07, 6.45) is -0.992. The van der Waals surface area contributed by atoms with E-state index in [0.29, 0.717) is 21.2 Å². The van der Waals surface area contributed by atoms with Gasteiger partial charge in [-0.25, -0.2) is 13.8 Å². The van der Waals surface area contributed by atoms with E-state index in [1.165, 1.54) is 17.5 Å². The number of amides is 1. The van der Waals surface area contributed by atoms with Crippen molar-refractivity contribution in [2.24, 2.45) is 0 Å². The lowest BCUT2D eigenvalue weighted by Gasteiger charge is -2.09. The van der Waals surface area contributed by atoms with Gasteiger partial charge in [0.2, 0.25) is 6.43 Å². The van der Waals surface area contributed by atoms with Crippen LogP contribution in [0.25, 0.3) is 10.2 Å². The molecule has 0 radical (unpaired) electrons. The average Bonchev–Trinajstić information content (AvgIpc) is 3.09. The van der Waals surface area contributed by atoms with E-state index in [1.807, 2.05) is 0 Å². The molecule has 0 aliphatic carbocycles. The normalized spacial score (nSPS) is 11.0. The Bertz CT molecular complexity index is 1030. The number of thioether (sulfide) groups is 1. The number of pyridine rings is 1. The number of ether oxygens (including phenoxy) is 1. The van der Waals surface area contributed by atoms with Gasteiger partial charge in [0.1, 0.15) is 0 Å². The second-order valence-electron chi connectivity index (χ2n) is 5.80. The van der Waals surface area contributed by atoms with E-state index < -0.39 is 18.3 Å². The molecule has 0 unspecified atom stereocenters. The van der Waals surface area contributed by atoms with Crippen LogP contribution in [0.1, 0.15) is 23.0 Å². The van der Waals surface area contributed by atoms with Crippen molar-refractivity contribution in [1.29, 1.82) is 0 Å². The standard InChI is InChI=1S/C19H17F2N3O3S2/c1-2-27-17(25)9-14-12(4-3-7-22-14)18(26)23-11-5-6-13-15(8-11)29-19(24-13)28-10-16(20)21/h3-8,16H,2,9-10H2,1H3,(H,23,26). The molecule has 29 heavy (non-hydrogen) atoms.